The van der Waals surface area contributed by atoms with E-state index in [9.17, 15) is 0 Å². The van der Waals surface area contributed by atoms with E-state index < -0.39 is 9.05 Å². The van der Waals surface area contributed by atoms with Crippen molar-refractivity contribution in [1.82, 2.24) is 0 Å². The molecule has 0 aromatic rings. The first-order valence-electron chi connectivity index (χ1n) is 0.894. The number of rotatable bonds is 0. The normalized spacial score (nSPS) is 8.57. The van der Waals surface area contributed by atoms with Crippen LogP contribution >= 0.6 is 0 Å². The fourth-order valence-electron chi connectivity index (χ4n) is 0. The van der Waals surface area contributed by atoms with E-state index in [2.05, 4.69) is 0 Å². The third-order valence-corrected chi connectivity index (χ3v) is 0. The molecule has 0 rings (SSSR count). The average Bonchev–Trinajstić information content (AvgIpc) is 0.722. The average molecular weight is 160 g/mol. The summed E-state index contributed by atoms with van der Waals surface area (Å²) in [7, 11) is -4.61. The maximum atomic E-state index is 7.33. The minimum absolute atomic E-state index is 0. The first-order chi connectivity index (χ1) is 2.00. The van der Waals surface area contributed by atoms with Crippen molar-refractivity contribution in [2.24, 2.45) is 0 Å². The maximum absolute atomic E-state index is 7.33. The predicted molar refractivity (Wildman–Crippen MR) is 16.9 cm³/mol. The van der Waals surface area contributed by atoms with Crippen LogP contribution in [0.2, 0.25) is 0 Å². The van der Waals surface area contributed by atoms with E-state index in [0.29, 0.717) is 0 Å². The maximum Gasteiger partial charge on any atom is 1.00 e. The van der Waals surface area contributed by atoms with Crippen LogP contribution in [-0.2, 0) is 0 Å². The van der Waals surface area contributed by atoms with Crippen LogP contribution in [0.1, 0.15) is 2.85 Å². The van der Waals surface area contributed by atoms with E-state index in [0.717, 1.165) is 0 Å². The summed E-state index contributed by atoms with van der Waals surface area (Å²) in [6.45, 7) is 0. The third-order valence-electron chi connectivity index (χ3n) is 0. The van der Waals surface area contributed by atoms with Gasteiger partial charge in [-0.25, -0.2) is 0 Å². The van der Waals surface area contributed by atoms with Crippen LogP contribution in [0.3, 0.4) is 0 Å². The second kappa shape index (κ2) is 6.81. The number of hydrogen-bond acceptors (Lipinski definition) is 4. The molecule has 0 aliphatic carbocycles. The Morgan fingerprint density at radius 2 is 1.00 bits per heavy atom. The van der Waals surface area contributed by atoms with E-state index in [1.54, 1.807) is 0 Å². The van der Waals surface area contributed by atoms with Crippen molar-refractivity contribution in [2.75, 3.05) is 0 Å². The Morgan fingerprint density at radius 1 is 1.00 bits per heavy atom. The first kappa shape index (κ1) is 16.4. The zero-order valence-electron chi connectivity index (χ0n) is 6.29. The largest absolute Gasteiger partial charge is 1.00 e. The molecule has 0 saturated carbocycles. The molecule has 7 heavy (non-hydrogen) atoms. The number of hydrogen-bond donors (Lipinski definition) is 4. The van der Waals surface area contributed by atoms with Crippen molar-refractivity contribution >= 4 is 9.05 Å². The van der Waals surface area contributed by atoms with Gasteiger partial charge < -0.3 is 22.0 Å². The van der Waals surface area contributed by atoms with Crippen LogP contribution in [0.25, 0.3) is 0 Å². The smallest absolute Gasteiger partial charge is 1.00 e. The Kier molecular flexibility index (Phi) is 15.9. The van der Waals surface area contributed by atoms with Crippen LogP contribution in [0.15, 0.2) is 0 Å². The van der Waals surface area contributed by atoms with Gasteiger partial charge in [-0.15, -0.1) is 0 Å². The molecule has 0 fully saturated rings. The molecule has 36 valence electrons. The second-order valence-electron chi connectivity index (χ2n) is 0.600. The van der Waals surface area contributed by atoms with Crippen molar-refractivity contribution in [3.05, 3.63) is 0 Å². The van der Waals surface area contributed by atoms with Gasteiger partial charge in [0.25, 0.3) is 0 Å². The molecule has 0 atom stereocenters. The standard InChI is InChI=1S/K.Na.H4O4Si.2H/c;;1-5(2,3)4;;/h;;1-4H;;/q2*+1;;2*-1. The molecule has 0 radical (unpaired) electrons. The van der Waals surface area contributed by atoms with Crippen molar-refractivity contribution < 1.29 is 103 Å². The Hall–Kier alpha value is 2.69. The minimum Gasteiger partial charge on any atom is -1.00 e. The molecule has 0 saturated heterocycles. The van der Waals surface area contributed by atoms with Gasteiger partial charge in [0.1, 0.15) is 0 Å². The van der Waals surface area contributed by atoms with Crippen LogP contribution in [0, 0.1) is 0 Å². The van der Waals surface area contributed by atoms with Crippen molar-refractivity contribution in [3.63, 3.8) is 0 Å². The molecule has 0 bridgehead atoms. The van der Waals surface area contributed by atoms with Crippen LogP contribution in [-0.4, -0.2) is 28.2 Å². The van der Waals surface area contributed by atoms with Gasteiger partial charge in [0.05, 0.1) is 0 Å². The first-order valence-corrected chi connectivity index (χ1v) is 2.68. The fourth-order valence-corrected chi connectivity index (χ4v) is 0. The summed E-state index contributed by atoms with van der Waals surface area (Å²) in [6, 6.07) is 0. The summed E-state index contributed by atoms with van der Waals surface area (Å²) in [6.07, 6.45) is 0. The van der Waals surface area contributed by atoms with Gasteiger partial charge in [-0.2, -0.15) is 0 Å². The van der Waals surface area contributed by atoms with Crippen LogP contribution in [0.5, 0.6) is 0 Å². The molecule has 4 nitrogen and oxygen atoms in total. The summed E-state index contributed by atoms with van der Waals surface area (Å²) in [5, 5.41) is 0. The molecule has 4 N–H and O–H groups in total. The SMILES string of the molecule is O[Si](O)(O)O.[H-].[H-].[K+].[Na+]. The molecule has 0 aliphatic rings. The molecular weight excluding hydrogens is 154 g/mol. The Morgan fingerprint density at radius 3 is 1.00 bits per heavy atom. The monoisotopic (exact) mass is 160 g/mol. The van der Waals surface area contributed by atoms with Gasteiger partial charge >= 0.3 is 90.0 Å². The topological polar surface area (TPSA) is 80.9 Å². The van der Waals surface area contributed by atoms with E-state index >= 15 is 0 Å². The van der Waals surface area contributed by atoms with Crippen molar-refractivity contribution in [2.45, 2.75) is 0 Å². The van der Waals surface area contributed by atoms with Crippen LogP contribution in [0.4, 0.5) is 0 Å². The quantitative estimate of drug-likeness (QED) is 0.265. The van der Waals surface area contributed by atoms with Gasteiger partial charge in [0.2, 0.25) is 0 Å². The molecule has 0 aliphatic heterocycles. The van der Waals surface area contributed by atoms with Crippen molar-refractivity contribution in [3.8, 4) is 0 Å². The molecule has 0 amide bonds. The zero-order valence-corrected chi connectivity index (χ0v) is 10.4. The van der Waals surface area contributed by atoms with Gasteiger partial charge in [-0.3, -0.25) is 0 Å². The van der Waals surface area contributed by atoms with E-state index in [1.165, 1.54) is 0 Å². The zero-order chi connectivity index (χ0) is 4.50. The van der Waals surface area contributed by atoms with E-state index in [4.69, 9.17) is 19.2 Å². The summed E-state index contributed by atoms with van der Waals surface area (Å²) < 4.78 is 0. The minimum atomic E-state index is -4.61. The second-order valence-corrected chi connectivity index (χ2v) is 1.80. The fraction of sp³-hybridized carbons (Fsp3) is 0. The Balaban J connectivity index is -0.0000000133. The molecule has 0 aromatic heterocycles. The molecular formula is H6KNaO4Si. The predicted octanol–water partition coefficient (Wildman–Crippen LogP) is -8.38. The Bertz CT molecular complexity index is 34.0. The molecule has 0 aromatic carbocycles. The molecule has 7 heteroatoms. The Labute approximate surface area is 110 Å². The van der Waals surface area contributed by atoms with Gasteiger partial charge in [0, 0.05) is 0 Å². The van der Waals surface area contributed by atoms with Gasteiger partial charge in [-0.05, 0) is 0 Å². The molecule has 0 unspecified atom stereocenters. The van der Waals surface area contributed by atoms with E-state index in [-0.39, 0.29) is 83.8 Å². The summed E-state index contributed by atoms with van der Waals surface area (Å²) in [5.74, 6) is 0. The molecule has 0 heterocycles. The third kappa shape index (κ3) is 53.7. The summed E-state index contributed by atoms with van der Waals surface area (Å²) in [4.78, 5) is 29.3. The summed E-state index contributed by atoms with van der Waals surface area (Å²) in [5.41, 5.74) is 0. The van der Waals surface area contributed by atoms with Crippen LogP contribution < -0.4 is 80.9 Å². The molecule has 0 spiro atoms. The van der Waals surface area contributed by atoms with Crippen molar-refractivity contribution in [1.29, 1.82) is 0 Å². The van der Waals surface area contributed by atoms with E-state index in [1.807, 2.05) is 0 Å². The van der Waals surface area contributed by atoms with Gasteiger partial charge in [0.15, 0.2) is 0 Å². The summed E-state index contributed by atoms with van der Waals surface area (Å²) >= 11 is 0. The van der Waals surface area contributed by atoms with Gasteiger partial charge in [-0.1, -0.05) is 0 Å².